The average molecular weight is 387 g/mol. The molecule has 0 saturated carbocycles. The molecule has 1 saturated heterocycles. The SMILES string of the molecule is COCCn1ccnc1C1CCCN(C(=O)c2cc(=O)nc3sccn23)C1. The van der Waals surface area contributed by atoms with Gasteiger partial charge in [-0.05, 0) is 12.8 Å². The Labute approximate surface area is 160 Å². The Balaban J connectivity index is 1.58. The number of methoxy groups -OCH3 is 1. The van der Waals surface area contributed by atoms with Crippen LogP contribution in [0.5, 0.6) is 0 Å². The highest BCUT2D eigenvalue weighted by atomic mass is 32.1. The van der Waals surface area contributed by atoms with Crippen LogP contribution in [-0.4, -0.2) is 56.5 Å². The van der Waals surface area contributed by atoms with Gasteiger partial charge < -0.3 is 14.2 Å². The molecule has 0 bridgehead atoms. The molecule has 0 spiro atoms. The van der Waals surface area contributed by atoms with E-state index in [1.54, 1.807) is 23.9 Å². The Hall–Kier alpha value is -2.52. The fraction of sp³-hybridized carbons (Fsp3) is 0.444. The number of carbonyl (C=O) groups excluding carboxylic acids is 1. The van der Waals surface area contributed by atoms with Gasteiger partial charge in [-0.3, -0.25) is 14.0 Å². The molecule has 142 valence electrons. The van der Waals surface area contributed by atoms with E-state index in [-0.39, 0.29) is 17.4 Å². The lowest BCUT2D eigenvalue weighted by atomic mass is 9.96. The molecule has 0 N–H and O–H groups in total. The van der Waals surface area contributed by atoms with Gasteiger partial charge in [0.2, 0.25) is 0 Å². The Bertz CT molecular complexity index is 1010. The molecule has 1 fully saturated rings. The number of piperidine rings is 1. The molecule has 0 radical (unpaired) electrons. The minimum atomic E-state index is -0.385. The number of carbonyl (C=O) groups is 1. The molecule has 9 heteroatoms. The molecule has 0 aromatic carbocycles. The fourth-order valence-electron chi connectivity index (χ4n) is 3.61. The van der Waals surface area contributed by atoms with Gasteiger partial charge in [-0.15, -0.1) is 11.3 Å². The smallest absolute Gasteiger partial charge is 0.274 e. The van der Waals surface area contributed by atoms with Crippen LogP contribution in [0, 0.1) is 0 Å². The number of hydrogen-bond acceptors (Lipinski definition) is 6. The summed E-state index contributed by atoms with van der Waals surface area (Å²) in [5.74, 6) is 1.02. The van der Waals surface area contributed by atoms with Gasteiger partial charge in [0.05, 0.1) is 6.61 Å². The molecule has 3 aromatic rings. The van der Waals surface area contributed by atoms with Crippen molar-refractivity contribution in [1.82, 2.24) is 23.8 Å². The molecule has 3 aromatic heterocycles. The molecule has 1 amide bonds. The summed E-state index contributed by atoms with van der Waals surface area (Å²) in [5.41, 5.74) is -0.0147. The van der Waals surface area contributed by atoms with Crippen LogP contribution in [0.2, 0.25) is 0 Å². The first-order chi connectivity index (χ1) is 13.2. The molecule has 27 heavy (non-hydrogen) atoms. The topological polar surface area (TPSA) is 81.7 Å². The van der Waals surface area contributed by atoms with Gasteiger partial charge in [0.15, 0.2) is 4.96 Å². The van der Waals surface area contributed by atoms with Crippen LogP contribution in [0.15, 0.2) is 34.8 Å². The van der Waals surface area contributed by atoms with E-state index in [0.29, 0.717) is 30.4 Å². The Morgan fingerprint density at radius 1 is 1.41 bits per heavy atom. The van der Waals surface area contributed by atoms with E-state index in [1.807, 2.05) is 16.5 Å². The summed E-state index contributed by atoms with van der Waals surface area (Å²) < 4.78 is 8.95. The molecule has 1 aliphatic rings. The van der Waals surface area contributed by atoms with E-state index >= 15 is 0 Å². The maximum Gasteiger partial charge on any atom is 0.274 e. The van der Waals surface area contributed by atoms with Gasteiger partial charge in [0, 0.05) is 62.7 Å². The van der Waals surface area contributed by atoms with E-state index in [4.69, 9.17) is 4.74 Å². The zero-order chi connectivity index (χ0) is 18.8. The second-order valence-electron chi connectivity index (χ2n) is 6.60. The van der Waals surface area contributed by atoms with Gasteiger partial charge in [-0.25, -0.2) is 4.98 Å². The molecule has 1 aliphatic heterocycles. The number of rotatable bonds is 5. The standard InChI is InChI=1S/C18H21N5O3S/c1-26-9-7-21-6-4-19-16(21)13-3-2-5-22(12-13)17(25)14-11-15(24)20-18-23(14)8-10-27-18/h4,6,8,10-11,13H,2-3,5,7,9,12H2,1H3. The number of ether oxygens (including phenoxy) is 1. The van der Waals surface area contributed by atoms with Crippen molar-refractivity contribution in [1.29, 1.82) is 0 Å². The van der Waals surface area contributed by atoms with Crippen LogP contribution >= 0.6 is 11.3 Å². The normalized spacial score (nSPS) is 17.5. The Morgan fingerprint density at radius 2 is 2.30 bits per heavy atom. The number of amides is 1. The number of aromatic nitrogens is 4. The number of hydrogen-bond donors (Lipinski definition) is 0. The van der Waals surface area contributed by atoms with Crippen LogP contribution in [0.25, 0.3) is 4.96 Å². The van der Waals surface area contributed by atoms with E-state index in [1.165, 1.54) is 17.4 Å². The number of thiazole rings is 1. The van der Waals surface area contributed by atoms with Crippen molar-refractivity contribution < 1.29 is 9.53 Å². The van der Waals surface area contributed by atoms with Gasteiger partial charge in [-0.2, -0.15) is 4.98 Å². The summed E-state index contributed by atoms with van der Waals surface area (Å²) >= 11 is 1.34. The molecule has 1 atom stereocenters. The minimum absolute atomic E-state index is 0.136. The minimum Gasteiger partial charge on any atom is -0.383 e. The predicted octanol–water partition coefficient (Wildman–Crippen LogP) is 1.62. The van der Waals surface area contributed by atoms with Crippen LogP contribution in [0.4, 0.5) is 0 Å². The molecule has 4 rings (SSSR count). The Morgan fingerprint density at radius 3 is 3.15 bits per heavy atom. The lowest BCUT2D eigenvalue weighted by Gasteiger charge is -2.32. The highest BCUT2D eigenvalue weighted by Gasteiger charge is 2.29. The first-order valence-corrected chi connectivity index (χ1v) is 9.81. The van der Waals surface area contributed by atoms with Crippen molar-refractivity contribution in [2.45, 2.75) is 25.3 Å². The zero-order valence-corrected chi connectivity index (χ0v) is 15.9. The third-order valence-corrected chi connectivity index (χ3v) is 5.65. The van der Waals surface area contributed by atoms with E-state index in [2.05, 4.69) is 14.5 Å². The van der Waals surface area contributed by atoms with Crippen LogP contribution in [0.3, 0.4) is 0 Å². The summed E-state index contributed by atoms with van der Waals surface area (Å²) in [4.78, 5) is 35.8. The average Bonchev–Trinajstić information content (AvgIpc) is 3.34. The molecule has 8 nitrogen and oxygen atoms in total. The van der Waals surface area contributed by atoms with Crippen molar-refractivity contribution in [2.24, 2.45) is 0 Å². The van der Waals surface area contributed by atoms with Crippen molar-refractivity contribution >= 4 is 22.2 Å². The van der Waals surface area contributed by atoms with Crippen LogP contribution in [0.1, 0.15) is 35.1 Å². The van der Waals surface area contributed by atoms with E-state index in [9.17, 15) is 9.59 Å². The summed E-state index contributed by atoms with van der Waals surface area (Å²) in [6.45, 7) is 2.63. The summed E-state index contributed by atoms with van der Waals surface area (Å²) in [5, 5.41) is 1.82. The van der Waals surface area contributed by atoms with Crippen molar-refractivity contribution in [3.8, 4) is 0 Å². The lowest BCUT2D eigenvalue weighted by molar-refractivity contribution is 0.0694. The quantitative estimate of drug-likeness (QED) is 0.664. The van der Waals surface area contributed by atoms with Crippen molar-refractivity contribution in [3.63, 3.8) is 0 Å². The highest BCUT2D eigenvalue weighted by Crippen LogP contribution is 2.27. The summed E-state index contributed by atoms with van der Waals surface area (Å²) in [7, 11) is 1.68. The van der Waals surface area contributed by atoms with E-state index < -0.39 is 0 Å². The van der Waals surface area contributed by atoms with Gasteiger partial charge in [0.1, 0.15) is 11.5 Å². The molecule has 1 unspecified atom stereocenters. The van der Waals surface area contributed by atoms with Gasteiger partial charge >= 0.3 is 0 Å². The third-order valence-electron chi connectivity index (χ3n) is 4.89. The number of likely N-dealkylation sites (tertiary alicyclic amines) is 1. The van der Waals surface area contributed by atoms with Crippen molar-refractivity contribution in [2.75, 3.05) is 26.8 Å². The summed E-state index contributed by atoms with van der Waals surface area (Å²) in [6, 6.07) is 1.32. The monoisotopic (exact) mass is 387 g/mol. The maximum absolute atomic E-state index is 13.1. The third kappa shape index (κ3) is 3.52. The van der Waals surface area contributed by atoms with Gasteiger partial charge in [-0.1, -0.05) is 0 Å². The second kappa shape index (κ2) is 7.61. The van der Waals surface area contributed by atoms with Crippen LogP contribution in [-0.2, 0) is 11.3 Å². The first-order valence-electron chi connectivity index (χ1n) is 8.93. The Kier molecular flexibility index (Phi) is 5.04. The first kappa shape index (κ1) is 17.9. The predicted molar refractivity (Wildman–Crippen MR) is 101 cm³/mol. The molecular formula is C18H21N5O3S. The number of fused-ring (bicyclic) bond motifs is 1. The fourth-order valence-corrected chi connectivity index (χ4v) is 4.33. The lowest BCUT2D eigenvalue weighted by Crippen LogP contribution is -2.41. The molecular weight excluding hydrogens is 366 g/mol. The number of imidazole rings is 1. The van der Waals surface area contributed by atoms with Crippen LogP contribution < -0.4 is 5.56 Å². The summed E-state index contributed by atoms with van der Waals surface area (Å²) in [6.07, 6.45) is 7.41. The zero-order valence-electron chi connectivity index (χ0n) is 15.1. The van der Waals surface area contributed by atoms with E-state index in [0.717, 1.165) is 25.2 Å². The van der Waals surface area contributed by atoms with Crippen molar-refractivity contribution in [3.05, 3.63) is 51.9 Å². The largest absolute Gasteiger partial charge is 0.383 e. The maximum atomic E-state index is 13.1. The van der Waals surface area contributed by atoms with Gasteiger partial charge in [0.25, 0.3) is 11.5 Å². The molecule has 0 aliphatic carbocycles. The number of nitrogens with zero attached hydrogens (tertiary/aromatic N) is 5. The highest BCUT2D eigenvalue weighted by molar-refractivity contribution is 7.15. The molecule has 4 heterocycles. The second-order valence-corrected chi connectivity index (χ2v) is 7.47.